The molecule has 0 spiro atoms. The van der Waals surface area contributed by atoms with E-state index in [1.165, 1.54) is 0 Å². The lowest BCUT2D eigenvalue weighted by molar-refractivity contribution is -0.405. The molecule has 22 heterocycles. The number of carbonyl (C=O) groups excluding carboxylic acids is 1. The SMILES string of the molecule is O=C(CC(O)O)O[C@@H]1[C@@H](O)[C@H]2O[C@@H]3[C@H](OCCC(O)O)[C@@H](O)[C@@H](O[C@H]4[C@H](O)[C@@H](O)[C@@H](O[C@H]5[C@H](O)[C@@H](O)[C@@H](O[C@H]6[C@H](O)[C@@H](O)[C@@H](O[C@H]7[C@H](O)[C@@H](O)[C@@H](O[C@H]1[C@@H](CO)O2)O[C@@H]7CO)O[C@@H]6CO)O[C@@H]5CO)O[C@@H]4CO)O[C@@H]3CO. The summed E-state index contributed by atoms with van der Waals surface area (Å²) in [5.74, 6) is -1.45. The monoisotopic (exact) mass is 1130 g/mol. The fourth-order valence-electron chi connectivity index (χ4n) is 9.88. The van der Waals surface area contributed by atoms with Crippen LogP contribution >= 0.6 is 0 Å². The van der Waals surface area contributed by atoms with Crippen LogP contribution in [0.25, 0.3) is 0 Å². The molecule has 35 heteroatoms. The Kier molecular flexibility index (Phi) is 22.4. The van der Waals surface area contributed by atoms with Crippen LogP contribution in [-0.4, -0.2) is 351 Å². The van der Waals surface area contributed by atoms with Gasteiger partial charge >= 0.3 is 5.97 Å². The Labute approximate surface area is 434 Å². The Hall–Kier alpha value is -1.85. The van der Waals surface area contributed by atoms with Crippen molar-refractivity contribution in [1.82, 2.24) is 0 Å². The Balaban J connectivity index is 1.26. The Bertz CT molecular complexity index is 1800. The van der Waals surface area contributed by atoms with Gasteiger partial charge in [0.1, 0.15) is 140 Å². The Morgan fingerprint density at radius 3 is 0.883 bits per heavy atom. The number of carbonyl (C=O) groups is 1. The summed E-state index contributed by atoms with van der Waals surface area (Å²) in [6.07, 6.45) is -67.0. The van der Waals surface area contributed by atoms with Gasteiger partial charge in [0.25, 0.3) is 0 Å². The average molecular weight is 1130 g/mol. The van der Waals surface area contributed by atoms with Crippen LogP contribution < -0.4 is 0 Å². The van der Waals surface area contributed by atoms with Gasteiger partial charge in [0.05, 0.1) is 52.7 Å². The molecule has 0 aromatic carbocycles. The van der Waals surface area contributed by atoms with Crippen molar-refractivity contribution in [3.05, 3.63) is 0 Å². The zero-order chi connectivity index (χ0) is 56.3. The third-order valence-corrected chi connectivity index (χ3v) is 13.9. The molecule has 22 fully saturated rings. The van der Waals surface area contributed by atoms with E-state index in [9.17, 15) is 107 Å². The highest BCUT2D eigenvalue weighted by atomic mass is 16.8. The van der Waals surface area contributed by atoms with Gasteiger partial charge in [0.15, 0.2) is 56.4 Å². The van der Waals surface area contributed by atoms with Crippen LogP contribution in [0.4, 0.5) is 0 Å². The normalized spacial score (nSPS) is 49.2. The first-order chi connectivity index (χ1) is 36.6. The van der Waals surface area contributed by atoms with Crippen molar-refractivity contribution in [3.63, 3.8) is 0 Å². The first kappa shape index (κ1) is 62.7. The molecule has 30 atom stereocenters. The fraction of sp³-hybridized carbons (Fsp3) is 0.976. The number of esters is 1. The maximum Gasteiger partial charge on any atom is 0.311 e. The van der Waals surface area contributed by atoms with Gasteiger partial charge in [-0.05, 0) is 0 Å². The van der Waals surface area contributed by atoms with Gasteiger partial charge in [0, 0.05) is 6.42 Å². The largest absolute Gasteiger partial charge is 0.456 e. The summed E-state index contributed by atoms with van der Waals surface area (Å²) in [5, 5.41) is 216. The number of rotatable bonds is 13. The first-order valence-corrected chi connectivity index (χ1v) is 24.5. The molecule has 77 heavy (non-hydrogen) atoms. The summed E-state index contributed by atoms with van der Waals surface area (Å²) >= 11 is 0. The number of aliphatic hydroxyl groups excluding tert-OH is 18. The van der Waals surface area contributed by atoms with Crippen molar-refractivity contribution in [3.8, 4) is 0 Å². The minimum Gasteiger partial charge on any atom is -0.456 e. The molecule has 0 unspecified atom stereocenters. The highest BCUT2D eigenvalue weighted by molar-refractivity contribution is 5.70. The number of hydrogen-bond donors (Lipinski definition) is 20. The van der Waals surface area contributed by atoms with Crippen molar-refractivity contribution in [1.29, 1.82) is 0 Å². The molecular weight excluding hydrogens is 1060 g/mol. The van der Waals surface area contributed by atoms with Crippen LogP contribution in [-0.2, 0) is 71.1 Å². The summed E-state index contributed by atoms with van der Waals surface area (Å²) in [4.78, 5) is 13.0. The van der Waals surface area contributed by atoms with E-state index in [4.69, 9.17) is 66.3 Å². The first-order valence-electron chi connectivity index (χ1n) is 24.5. The zero-order valence-electron chi connectivity index (χ0n) is 40.4. The minimum atomic E-state index is -2.34. The van der Waals surface area contributed by atoms with Gasteiger partial charge in [-0.15, -0.1) is 0 Å². The van der Waals surface area contributed by atoms with Gasteiger partial charge in [-0.1, -0.05) is 0 Å². The van der Waals surface area contributed by atoms with Gasteiger partial charge in [0.2, 0.25) is 0 Å². The van der Waals surface area contributed by atoms with Crippen molar-refractivity contribution in [2.24, 2.45) is 0 Å². The third-order valence-electron chi connectivity index (χ3n) is 13.9. The van der Waals surface area contributed by atoms with E-state index >= 15 is 0 Å². The second-order valence-electron chi connectivity index (χ2n) is 19.1. The van der Waals surface area contributed by atoms with Crippen LogP contribution in [0.5, 0.6) is 0 Å². The molecular formula is C42H70O35. The zero-order valence-corrected chi connectivity index (χ0v) is 40.4. The van der Waals surface area contributed by atoms with E-state index in [1.54, 1.807) is 0 Å². The summed E-state index contributed by atoms with van der Waals surface area (Å²) < 4.78 is 80.5. The van der Waals surface area contributed by atoms with Gasteiger partial charge in [-0.3, -0.25) is 4.79 Å². The number of ether oxygens (including phenoxy) is 14. The summed E-state index contributed by atoms with van der Waals surface area (Å²) in [7, 11) is 0. The van der Waals surface area contributed by atoms with Gasteiger partial charge in [-0.25, -0.2) is 0 Å². The molecule has 22 aliphatic heterocycles. The van der Waals surface area contributed by atoms with E-state index in [1.807, 2.05) is 0 Å². The predicted octanol–water partition coefficient (Wildman–Crippen LogP) is -14.1. The molecule has 0 aromatic rings. The second-order valence-corrected chi connectivity index (χ2v) is 19.1. The van der Waals surface area contributed by atoms with Crippen LogP contribution in [0.2, 0.25) is 0 Å². The maximum atomic E-state index is 13.0. The molecule has 22 rings (SSSR count). The van der Waals surface area contributed by atoms with Crippen LogP contribution in [0, 0.1) is 0 Å². The standard InChI is InChI=1S/C42H70O35/c43-4-10-29-20(55)24(59)38(66-10)74-31-12(6-45)68-40(26(61)22(31)57)77-34-15(9-48)70-42(28(63)36(34)71-18(53)3-17(51)52)76-33-14(8-47)69-41(27(62)35(33)64-2-1-16(49)50)75-32-13(7-46)67-39(25(60)21(32)56)73-30-11(5-44)65-37(72-29)23(58)19(30)54/h10-17,19-52,54-63H,1-9H2/t10-,11-,12-,13-,14-,15-,19-,20-,21-,22-,23-,24-,25-,26-,27-,28-,29-,30-,31-,32-,33+,34+,35-,36-,37-,38-,39-,40-,41-,42-/m1/s1. The molecule has 0 aromatic heterocycles. The predicted molar refractivity (Wildman–Crippen MR) is 229 cm³/mol. The average Bonchev–Trinajstić information content (AvgIpc) is 3.39. The lowest BCUT2D eigenvalue weighted by Gasteiger charge is -2.51. The van der Waals surface area contributed by atoms with E-state index in [0.29, 0.717) is 0 Å². The number of aliphatic hydroxyl groups is 20. The molecule has 0 amide bonds. The van der Waals surface area contributed by atoms with E-state index in [-0.39, 0.29) is 0 Å². The molecule has 22 saturated heterocycles. The van der Waals surface area contributed by atoms with Gasteiger partial charge in [-0.2, -0.15) is 0 Å². The third kappa shape index (κ3) is 13.7. The second kappa shape index (κ2) is 27.5. The Morgan fingerprint density at radius 1 is 0.338 bits per heavy atom. The smallest absolute Gasteiger partial charge is 0.311 e. The molecule has 0 aliphatic carbocycles. The molecule has 22 aliphatic rings. The maximum absolute atomic E-state index is 13.0. The van der Waals surface area contributed by atoms with Gasteiger partial charge < -0.3 is 168 Å². The van der Waals surface area contributed by atoms with Crippen molar-refractivity contribution in [2.75, 3.05) is 46.2 Å². The molecule has 0 radical (unpaired) electrons. The fourth-order valence-corrected chi connectivity index (χ4v) is 9.88. The van der Waals surface area contributed by atoms with E-state index < -0.39 is 262 Å². The van der Waals surface area contributed by atoms with E-state index in [2.05, 4.69) is 0 Å². The lowest BCUT2D eigenvalue weighted by atomic mass is 9.94. The minimum absolute atomic E-state index is 0.537. The Morgan fingerprint density at radius 2 is 0.597 bits per heavy atom. The van der Waals surface area contributed by atoms with Crippen LogP contribution in [0.15, 0.2) is 0 Å². The quantitative estimate of drug-likeness (QED) is 0.0601. The van der Waals surface area contributed by atoms with Crippen molar-refractivity contribution < 1.29 is 173 Å². The van der Waals surface area contributed by atoms with Crippen molar-refractivity contribution >= 4 is 5.97 Å². The molecule has 12 bridgehead atoms. The highest BCUT2D eigenvalue weighted by Gasteiger charge is 2.59. The molecule has 20 N–H and O–H groups in total. The molecule has 448 valence electrons. The van der Waals surface area contributed by atoms with Crippen molar-refractivity contribution in [2.45, 2.75) is 210 Å². The topological polar surface area (TPSA) is 551 Å². The van der Waals surface area contributed by atoms with E-state index in [0.717, 1.165) is 0 Å². The molecule has 35 nitrogen and oxygen atoms in total. The molecule has 0 saturated carbocycles. The summed E-state index contributed by atoms with van der Waals surface area (Å²) in [6.45, 7) is -7.10. The van der Waals surface area contributed by atoms with Crippen LogP contribution in [0.3, 0.4) is 0 Å². The highest BCUT2D eigenvalue weighted by Crippen LogP contribution is 2.39. The number of hydrogen-bond acceptors (Lipinski definition) is 35. The summed E-state index contributed by atoms with van der Waals surface area (Å²) in [5.41, 5.74) is 0. The van der Waals surface area contributed by atoms with Crippen LogP contribution in [0.1, 0.15) is 12.8 Å². The summed E-state index contributed by atoms with van der Waals surface area (Å²) in [6, 6.07) is 0. The lowest BCUT2D eigenvalue weighted by Crippen LogP contribution is -2.69.